The monoisotopic (exact) mass is 403 g/mol. The van der Waals surface area contributed by atoms with E-state index in [2.05, 4.69) is 31.1 Å². The summed E-state index contributed by atoms with van der Waals surface area (Å²) < 4.78 is 25.3. The number of aromatic amines is 1. The summed E-state index contributed by atoms with van der Waals surface area (Å²) >= 11 is 4.63. The summed E-state index contributed by atoms with van der Waals surface area (Å²) in [5.41, 5.74) is -0.102. The number of thioether (sulfide) groups is 1. The van der Waals surface area contributed by atoms with E-state index in [9.17, 15) is 8.42 Å². The summed E-state index contributed by atoms with van der Waals surface area (Å²) in [5.74, 6) is 1.27. The van der Waals surface area contributed by atoms with Crippen LogP contribution in [0.15, 0.2) is 38.8 Å². The van der Waals surface area contributed by atoms with Gasteiger partial charge in [0.1, 0.15) is 5.82 Å². The largest absolute Gasteiger partial charge is 0.262 e. The van der Waals surface area contributed by atoms with Crippen molar-refractivity contribution in [2.75, 3.05) is 11.5 Å². The highest BCUT2D eigenvalue weighted by molar-refractivity contribution is 9.10. The van der Waals surface area contributed by atoms with Gasteiger partial charge in [-0.3, -0.25) is 5.10 Å². The first-order valence-corrected chi connectivity index (χ1v) is 10.2. The average molecular weight is 404 g/mol. The van der Waals surface area contributed by atoms with Crippen molar-refractivity contribution in [1.82, 2.24) is 15.2 Å². The first-order valence-electron chi connectivity index (χ1n) is 6.72. The maximum Gasteiger partial charge on any atom is 0.208 e. The number of benzene rings is 1. The molecule has 0 amide bonds. The van der Waals surface area contributed by atoms with Crippen LogP contribution >= 0.6 is 27.7 Å². The lowest BCUT2D eigenvalue weighted by atomic mass is 9.96. The van der Waals surface area contributed by atoms with Crippen molar-refractivity contribution < 1.29 is 8.42 Å². The van der Waals surface area contributed by atoms with E-state index in [0.29, 0.717) is 15.8 Å². The maximum absolute atomic E-state index is 12.2. The van der Waals surface area contributed by atoms with Gasteiger partial charge in [-0.2, -0.15) is 0 Å². The molecular weight excluding hydrogens is 386 g/mol. The molecule has 0 radical (unpaired) electrons. The van der Waals surface area contributed by atoms with Gasteiger partial charge in [-0.15, -0.1) is 5.10 Å². The van der Waals surface area contributed by atoms with Crippen LogP contribution in [0, 0.1) is 0 Å². The Morgan fingerprint density at radius 1 is 1.23 bits per heavy atom. The second-order valence-corrected chi connectivity index (χ2v) is 9.92. The van der Waals surface area contributed by atoms with Crippen LogP contribution in [-0.2, 0) is 15.3 Å². The Morgan fingerprint density at radius 2 is 1.86 bits per heavy atom. The molecule has 2 aromatic rings. The number of nitrogens with zero attached hydrogens (tertiary/aromatic N) is 2. The van der Waals surface area contributed by atoms with Gasteiger partial charge < -0.3 is 0 Å². The van der Waals surface area contributed by atoms with Gasteiger partial charge in [0, 0.05) is 15.6 Å². The molecule has 120 valence electrons. The van der Waals surface area contributed by atoms with Gasteiger partial charge >= 0.3 is 0 Å². The van der Waals surface area contributed by atoms with Gasteiger partial charge in [-0.25, -0.2) is 13.4 Å². The predicted molar refractivity (Wildman–Crippen MR) is 92.0 cm³/mol. The molecule has 0 saturated carbocycles. The number of H-pyrrole nitrogens is 1. The molecule has 0 atom stereocenters. The van der Waals surface area contributed by atoms with Crippen molar-refractivity contribution in [3.63, 3.8) is 0 Å². The molecule has 1 aromatic carbocycles. The molecule has 0 saturated heterocycles. The van der Waals surface area contributed by atoms with Gasteiger partial charge in [0.05, 0.1) is 10.6 Å². The average Bonchev–Trinajstić information content (AvgIpc) is 2.88. The summed E-state index contributed by atoms with van der Waals surface area (Å²) in [5, 5.41) is 7.59. The Labute approximate surface area is 143 Å². The van der Waals surface area contributed by atoms with Crippen LogP contribution in [-0.4, -0.2) is 35.1 Å². The molecule has 2 rings (SSSR count). The van der Waals surface area contributed by atoms with Crippen LogP contribution in [0.1, 0.15) is 26.6 Å². The van der Waals surface area contributed by atoms with Crippen LogP contribution in [0.3, 0.4) is 0 Å². The fourth-order valence-corrected chi connectivity index (χ4v) is 4.36. The van der Waals surface area contributed by atoms with Crippen molar-refractivity contribution in [2.45, 2.75) is 36.2 Å². The SMILES string of the molecule is CC(C)(C)c1nc(SCCS(=O)(=O)c2ccc(Br)cc2)n[nH]1. The molecular formula is C14H18BrN3O2S2. The van der Waals surface area contributed by atoms with Gasteiger partial charge in [-0.05, 0) is 24.3 Å². The van der Waals surface area contributed by atoms with Crippen molar-refractivity contribution in [1.29, 1.82) is 0 Å². The second kappa shape index (κ2) is 6.72. The summed E-state index contributed by atoms with van der Waals surface area (Å²) in [6.07, 6.45) is 0. The number of nitrogens with one attached hydrogen (secondary N) is 1. The molecule has 8 heteroatoms. The molecule has 5 nitrogen and oxygen atoms in total. The Balaban J connectivity index is 1.95. The highest BCUT2D eigenvalue weighted by Gasteiger charge is 2.19. The molecule has 1 heterocycles. The molecule has 1 aromatic heterocycles. The zero-order valence-corrected chi connectivity index (χ0v) is 15.8. The minimum Gasteiger partial charge on any atom is -0.262 e. The number of aromatic nitrogens is 3. The van der Waals surface area contributed by atoms with Gasteiger partial charge in [0.2, 0.25) is 5.16 Å². The lowest BCUT2D eigenvalue weighted by Gasteiger charge is -2.12. The lowest BCUT2D eigenvalue weighted by Crippen LogP contribution is -2.13. The van der Waals surface area contributed by atoms with Crippen LogP contribution in [0.4, 0.5) is 0 Å². The first kappa shape index (κ1) is 17.5. The minimum atomic E-state index is -3.28. The summed E-state index contributed by atoms with van der Waals surface area (Å²) in [4.78, 5) is 4.72. The first-order chi connectivity index (χ1) is 10.2. The Kier molecular flexibility index (Phi) is 5.34. The Morgan fingerprint density at radius 3 is 2.41 bits per heavy atom. The van der Waals surface area contributed by atoms with Crippen molar-refractivity contribution in [3.05, 3.63) is 34.6 Å². The molecule has 0 unspecified atom stereocenters. The summed E-state index contributed by atoms with van der Waals surface area (Å²) in [6, 6.07) is 6.67. The Bertz CT molecular complexity index is 734. The summed E-state index contributed by atoms with van der Waals surface area (Å²) in [6.45, 7) is 6.12. The quantitative estimate of drug-likeness (QED) is 0.773. The fourth-order valence-electron chi connectivity index (χ4n) is 1.65. The molecule has 0 spiro atoms. The van der Waals surface area contributed by atoms with E-state index in [1.54, 1.807) is 24.3 Å². The topological polar surface area (TPSA) is 75.7 Å². The van der Waals surface area contributed by atoms with E-state index < -0.39 is 9.84 Å². The lowest BCUT2D eigenvalue weighted by molar-refractivity contribution is 0.547. The third-order valence-electron chi connectivity index (χ3n) is 2.93. The molecule has 1 N–H and O–H groups in total. The van der Waals surface area contributed by atoms with Crippen LogP contribution in [0.5, 0.6) is 0 Å². The molecule has 0 aliphatic rings. The van der Waals surface area contributed by atoms with E-state index in [1.165, 1.54) is 11.8 Å². The summed E-state index contributed by atoms with van der Waals surface area (Å²) in [7, 11) is -3.28. The Hall–Kier alpha value is -0.860. The van der Waals surface area contributed by atoms with Crippen LogP contribution in [0.25, 0.3) is 0 Å². The van der Waals surface area contributed by atoms with E-state index in [1.807, 2.05) is 20.8 Å². The number of halogens is 1. The normalized spacial score (nSPS) is 12.5. The fraction of sp³-hybridized carbons (Fsp3) is 0.429. The number of rotatable bonds is 5. The van der Waals surface area contributed by atoms with Crippen molar-refractivity contribution in [3.8, 4) is 0 Å². The molecule has 22 heavy (non-hydrogen) atoms. The smallest absolute Gasteiger partial charge is 0.208 e. The standard InChI is InChI=1S/C14H18BrN3O2S2/c1-14(2,3)12-16-13(18-17-12)21-8-9-22(19,20)11-6-4-10(15)5-7-11/h4-7H,8-9H2,1-3H3,(H,16,17,18). The number of sulfone groups is 1. The third kappa shape index (κ3) is 4.57. The van der Waals surface area contributed by atoms with Crippen LogP contribution < -0.4 is 0 Å². The van der Waals surface area contributed by atoms with Crippen LogP contribution in [0.2, 0.25) is 0 Å². The van der Waals surface area contributed by atoms with Gasteiger partial charge in [-0.1, -0.05) is 48.5 Å². The van der Waals surface area contributed by atoms with Crippen molar-refractivity contribution >= 4 is 37.5 Å². The molecule has 0 fully saturated rings. The highest BCUT2D eigenvalue weighted by atomic mass is 79.9. The van der Waals surface area contributed by atoms with E-state index in [4.69, 9.17) is 0 Å². The minimum absolute atomic E-state index is 0.0543. The van der Waals surface area contributed by atoms with Gasteiger partial charge in [0.15, 0.2) is 9.84 Å². The second-order valence-electron chi connectivity index (χ2n) is 5.84. The van der Waals surface area contributed by atoms with Crippen molar-refractivity contribution in [2.24, 2.45) is 0 Å². The number of hydrogen-bond acceptors (Lipinski definition) is 5. The molecule has 0 aliphatic heterocycles. The van der Waals surface area contributed by atoms with E-state index in [-0.39, 0.29) is 11.2 Å². The zero-order chi connectivity index (χ0) is 16.4. The number of hydrogen-bond donors (Lipinski definition) is 1. The maximum atomic E-state index is 12.2. The van der Waals surface area contributed by atoms with E-state index >= 15 is 0 Å². The predicted octanol–water partition coefficient (Wildman–Crippen LogP) is 3.43. The molecule has 0 aliphatic carbocycles. The third-order valence-corrected chi connectivity index (χ3v) is 6.30. The van der Waals surface area contributed by atoms with E-state index in [0.717, 1.165) is 10.3 Å². The zero-order valence-electron chi connectivity index (χ0n) is 12.6. The van der Waals surface area contributed by atoms with Gasteiger partial charge in [0.25, 0.3) is 0 Å². The highest BCUT2D eigenvalue weighted by Crippen LogP contribution is 2.22. The molecule has 0 bridgehead atoms.